The molecule has 7 heteroatoms. The number of nitrogens with zero attached hydrogens (tertiary/aromatic N) is 4. The Hall–Kier alpha value is -3.48. The lowest BCUT2D eigenvalue weighted by atomic mass is 10.0. The maximum absolute atomic E-state index is 12.3. The van der Waals surface area contributed by atoms with E-state index < -0.39 is 0 Å². The molecule has 29 heavy (non-hydrogen) atoms. The summed E-state index contributed by atoms with van der Waals surface area (Å²) >= 11 is 0. The van der Waals surface area contributed by atoms with Gasteiger partial charge in [0.1, 0.15) is 5.69 Å². The summed E-state index contributed by atoms with van der Waals surface area (Å²) in [6, 6.07) is 9.47. The monoisotopic (exact) mass is 392 g/mol. The molecular weight excluding hydrogens is 368 g/mol. The predicted molar refractivity (Wildman–Crippen MR) is 112 cm³/mol. The molecule has 1 amide bonds. The van der Waals surface area contributed by atoms with Gasteiger partial charge in [-0.2, -0.15) is 5.10 Å². The number of hydrogen-bond donors (Lipinski definition) is 0. The molecule has 0 saturated heterocycles. The number of aromatic nitrogens is 3. The Morgan fingerprint density at radius 3 is 2.59 bits per heavy atom. The summed E-state index contributed by atoms with van der Waals surface area (Å²) in [6.45, 7) is 6.01. The predicted octanol–water partition coefficient (Wildman–Crippen LogP) is 3.29. The quantitative estimate of drug-likeness (QED) is 0.492. The maximum atomic E-state index is 12.3. The van der Waals surface area contributed by atoms with E-state index in [2.05, 4.69) is 10.1 Å². The number of ether oxygens (including phenoxy) is 1. The fourth-order valence-electron chi connectivity index (χ4n) is 3.03. The van der Waals surface area contributed by atoms with Gasteiger partial charge in [-0.15, -0.1) is 0 Å². The molecule has 0 aliphatic carbocycles. The van der Waals surface area contributed by atoms with Crippen LogP contribution in [0.4, 0.5) is 0 Å². The van der Waals surface area contributed by atoms with Crippen LogP contribution in [0.3, 0.4) is 0 Å². The summed E-state index contributed by atoms with van der Waals surface area (Å²) in [4.78, 5) is 29.7. The lowest BCUT2D eigenvalue weighted by molar-refractivity contribution is -0.137. The molecule has 1 aromatic carbocycles. The molecule has 150 valence electrons. The van der Waals surface area contributed by atoms with Crippen LogP contribution in [0.15, 0.2) is 36.4 Å². The number of fused-ring (bicyclic) bond motifs is 1. The Bertz CT molecular complexity index is 1110. The summed E-state index contributed by atoms with van der Waals surface area (Å²) in [5.74, 6) is -0.508. The van der Waals surface area contributed by atoms with Gasteiger partial charge < -0.3 is 9.64 Å². The smallest absolute Gasteiger partial charge is 0.330 e. The number of esters is 1. The number of aryl methyl sites for hydroxylation is 2. The number of rotatable bonds is 5. The molecule has 3 aromatic rings. The first-order chi connectivity index (χ1) is 13.8. The van der Waals surface area contributed by atoms with Crippen molar-refractivity contribution in [1.82, 2.24) is 19.5 Å². The van der Waals surface area contributed by atoms with Crippen molar-refractivity contribution in [2.45, 2.75) is 20.8 Å². The Balaban J connectivity index is 1.95. The third-order valence-electron chi connectivity index (χ3n) is 4.46. The average Bonchev–Trinajstić information content (AvgIpc) is 3.10. The molecule has 2 aromatic heterocycles. The minimum atomic E-state index is -0.362. The number of carbonyl (C=O) groups excluding carboxylic acids is 2. The van der Waals surface area contributed by atoms with Crippen LogP contribution in [0.1, 0.15) is 34.2 Å². The average molecular weight is 392 g/mol. The molecule has 0 saturated carbocycles. The molecule has 0 radical (unpaired) electrons. The van der Waals surface area contributed by atoms with Gasteiger partial charge in [0.25, 0.3) is 5.91 Å². The van der Waals surface area contributed by atoms with Crippen molar-refractivity contribution in [2.75, 3.05) is 20.7 Å². The van der Waals surface area contributed by atoms with Gasteiger partial charge in [-0.3, -0.25) is 4.79 Å². The standard InChI is InChI=1S/C22H24N4O3/c1-6-29-21(27)10-8-16-7-9-17(14(2)11-16)18-13-20-23-19(22(28)25(4)5)12-15(3)26(20)24-18/h7-13H,6H2,1-5H3/b10-8+. The van der Waals surface area contributed by atoms with E-state index in [4.69, 9.17) is 4.74 Å². The third-order valence-corrected chi connectivity index (χ3v) is 4.46. The molecule has 0 fully saturated rings. The van der Waals surface area contributed by atoms with Crippen molar-refractivity contribution in [3.05, 3.63) is 58.9 Å². The van der Waals surface area contributed by atoms with Gasteiger partial charge in [-0.05, 0) is 44.0 Å². The molecule has 0 aliphatic rings. The highest BCUT2D eigenvalue weighted by molar-refractivity contribution is 5.92. The van der Waals surface area contributed by atoms with Crippen LogP contribution in [0.2, 0.25) is 0 Å². The second-order valence-corrected chi connectivity index (χ2v) is 6.94. The van der Waals surface area contributed by atoms with Crippen LogP contribution in [-0.4, -0.2) is 52.1 Å². The van der Waals surface area contributed by atoms with Gasteiger partial charge in [0, 0.05) is 37.5 Å². The fraction of sp³-hybridized carbons (Fsp3) is 0.273. The molecule has 0 atom stereocenters. The fourth-order valence-corrected chi connectivity index (χ4v) is 3.03. The number of hydrogen-bond acceptors (Lipinski definition) is 5. The number of benzene rings is 1. The number of carbonyl (C=O) groups is 2. The highest BCUT2D eigenvalue weighted by Gasteiger charge is 2.15. The summed E-state index contributed by atoms with van der Waals surface area (Å²) in [7, 11) is 3.40. The Kier molecular flexibility index (Phi) is 5.77. The highest BCUT2D eigenvalue weighted by atomic mass is 16.5. The zero-order valence-electron chi connectivity index (χ0n) is 17.3. The van der Waals surface area contributed by atoms with Crippen molar-refractivity contribution in [2.24, 2.45) is 0 Å². The second-order valence-electron chi connectivity index (χ2n) is 6.94. The lowest BCUT2D eigenvalue weighted by Crippen LogP contribution is -2.23. The first-order valence-corrected chi connectivity index (χ1v) is 9.35. The first kappa shape index (κ1) is 20.3. The minimum Gasteiger partial charge on any atom is -0.463 e. The van der Waals surface area contributed by atoms with Crippen LogP contribution in [-0.2, 0) is 9.53 Å². The zero-order valence-corrected chi connectivity index (χ0v) is 17.3. The van der Waals surface area contributed by atoms with Crippen molar-refractivity contribution >= 4 is 23.6 Å². The van der Waals surface area contributed by atoms with Crippen LogP contribution in [0.25, 0.3) is 23.0 Å². The van der Waals surface area contributed by atoms with Crippen molar-refractivity contribution < 1.29 is 14.3 Å². The normalized spacial score (nSPS) is 11.2. The lowest BCUT2D eigenvalue weighted by Gasteiger charge is -2.10. The first-order valence-electron chi connectivity index (χ1n) is 9.35. The molecule has 7 nitrogen and oxygen atoms in total. The largest absolute Gasteiger partial charge is 0.463 e. The topological polar surface area (TPSA) is 76.8 Å². The van der Waals surface area contributed by atoms with Gasteiger partial charge in [0.2, 0.25) is 0 Å². The summed E-state index contributed by atoms with van der Waals surface area (Å²) in [5.41, 5.74) is 5.49. The minimum absolute atomic E-state index is 0.146. The van der Waals surface area contributed by atoms with Gasteiger partial charge in [-0.1, -0.05) is 18.2 Å². The van der Waals surface area contributed by atoms with E-state index in [9.17, 15) is 9.59 Å². The molecule has 2 heterocycles. The van der Waals surface area contributed by atoms with E-state index in [0.29, 0.717) is 17.9 Å². The van der Waals surface area contributed by atoms with Gasteiger partial charge in [0.15, 0.2) is 5.65 Å². The summed E-state index contributed by atoms with van der Waals surface area (Å²) in [5, 5.41) is 4.65. The molecule has 0 bridgehead atoms. The van der Waals surface area contributed by atoms with Crippen LogP contribution < -0.4 is 0 Å². The second kappa shape index (κ2) is 8.26. The Morgan fingerprint density at radius 2 is 1.93 bits per heavy atom. The van der Waals surface area contributed by atoms with E-state index in [1.54, 1.807) is 37.7 Å². The SMILES string of the molecule is CCOC(=O)/C=C/c1ccc(-c2cc3nc(C(=O)N(C)C)cc(C)n3n2)c(C)c1. The van der Waals surface area contributed by atoms with E-state index in [1.807, 2.05) is 38.1 Å². The van der Waals surface area contributed by atoms with E-state index in [1.165, 1.54) is 11.0 Å². The molecule has 0 unspecified atom stereocenters. The van der Waals surface area contributed by atoms with Crippen LogP contribution in [0, 0.1) is 13.8 Å². The number of amides is 1. The van der Waals surface area contributed by atoms with Crippen LogP contribution >= 0.6 is 0 Å². The maximum Gasteiger partial charge on any atom is 0.330 e. The molecular formula is C22H24N4O3. The van der Waals surface area contributed by atoms with Crippen LogP contribution in [0.5, 0.6) is 0 Å². The summed E-state index contributed by atoms with van der Waals surface area (Å²) < 4.78 is 6.63. The Labute approximate surface area is 169 Å². The molecule has 0 aliphatic heterocycles. The van der Waals surface area contributed by atoms with Crippen molar-refractivity contribution in [3.63, 3.8) is 0 Å². The molecule has 0 spiro atoms. The Morgan fingerprint density at radius 1 is 1.17 bits per heavy atom. The van der Waals surface area contributed by atoms with Crippen molar-refractivity contribution in [1.29, 1.82) is 0 Å². The van der Waals surface area contributed by atoms with Gasteiger partial charge in [0.05, 0.1) is 12.3 Å². The van der Waals surface area contributed by atoms with E-state index >= 15 is 0 Å². The van der Waals surface area contributed by atoms with E-state index in [0.717, 1.165) is 28.1 Å². The summed E-state index contributed by atoms with van der Waals surface area (Å²) in [6.07, 6.45) is 3.14. The van der Waals surface area contributed by atoms with Crippen molar-refractivity contribution in [3.8, 4) is 11.3 Å². The molecule has 0 N–H and O–H groups in total. The van der Waals surface area contributed by atoms with Gasteiger partial charge >= 0.3 is 5.97 Å². The highest BCUT2D eigenvalue weighted by Crippen LogP contribution is 2.25. The zero-order chi connectivity index (χ0) is 21.1. The molecule has 3 rings (SSSR count). The van der Waals surface area contributed by atoms with Gasteiger partial charge in [-0.25, -0.2) is 14.3 Å². The third kappa shape index (κ3) is 4.34. The van der Waals surface area contributed by atoms with E-state index in [-0.39, 0.29) is 11.9 Å².